The molecule has 138 valence electrons. The van der Waals surface area contributed by atoms with Crippen LogP contribution < -0.4 is 4.90 Å². The lowest BCUT2D eigenvalue weighted by atomic mass is 10.2. The van der Waals surface area contributed by atoms with Crippen LogP contribution in [0.25, 0.3) is 11.4 Å². The maximum Gasteiger partial charge on any atom is 0.272 e. The number of carbonyl (C=O) groups is 1. The molecule has 0 N–H and O–H groups in total. The molecule has 8 heteroatoms. The zero-order valence-corrected chi connectivity index (χ0v) is 15.1. The number of nitrogens with zero attached hydrogens (tertiary/aromatic N) is 6. The number of aromatic nitrogens is 4. The summed E-state index contributed by atoms with van der Waals surface area (Å²) in [5, 5.41) is 3.97. The van der Waals surface area contributed by atoms with E-state index < -0.39 is 0 Å². The van der Waals surface area contributed by atoms with Gasteiger partial charge in [0, 0.05) is 50.6 Å². The summed E-state index contributed by atoms with van der Waals surface area (Å²) in [6.07, 6.45) is 4.10. The van der Waals surface area contributed by atoms with Gasteiger partial charge in [0.25, 0.3) is 5.91 Å². The van der Waals surface area contributed by atoms with Crippen LogP contribution in [0.15, 0.2) is 47.2 Å². The first-order valence-electron chi connectivity index (χ1n) is 8.99. The van der Waals surface area contributed by atoms with Crippen molar-refractivity contribution in [2.75, 3.05) is 31.1 Å². The van der Waals surface area contributed by atoms with Gasteiger partial charge in [0.05, 0.1) is 0 Å². The molecule has 0 atom stereocenters. The molecule has 3 aromatic rings. The molecule has 0 spiro atoms. The van der Waals surface area contributed by atoms with E-state index in [1.165, 1.54) is 0 Å². The minimum atomic E-state index is -0.0256. The summed E-state index contributed by atoms with van der Waals surface area (Å²) < 4.78 is 5.14. The second kappa shape index (κ2) is 7.53. The van der Waals surface area contributed by atoms with Gasteiger partial charge < -0.3 is 14.3 Å². The van der Waals surface area contributed by atoms with Crippen molar-refractivity contribution >= 4 is 11.7 Å². The Bertz CT molecular complexity index is 901. The summed E-state index contributed by atoms with van der Waals surface area (Å²) in [4.78, 5) is 29.5. The monoisotopic (exact) mass is 364 g/mol. The SMILES string of the molecule is CCc1nc(-c2ccc(N3CCN(C(=O)c4ccccn4)CC3)nc2)no1. The van der Waals surface area contributed by atoms with E-state index in [9.17, 15) is 4.79 Å². The number of piperazine rings is 1. The maximum absolute atomic E-state index is 12.5. The molecule has 27 heavy (non-hydrogen) atoms. The number of hydrogen-bond acceptors (Lipinski definition) is 7. The molecule has 1 aliphatic heterocycles. The Morgan fingerprint density at radius 3 is 2.59 bits per heavy atom. The average molecular weight is 364 g/mol. The Labute approximate surface area is 156 Å². The normalized spacial score (nSPS) is 14.4. The molecule has 0 aliphatic carbocycles. The molecule has 1 saturated heterocycles. The second-order valence-electron chi connectivity index (χ2n) is 6.26. The van der Waals surface area contributed by atoms with Crippen LogP contribution in [0, 0.1) is 0 Å². The number of pyridine rings is 2. The molecule has 0 saturated carbocycles. The Kier molecular flexibility index (Phi) is 4.78. The summed E-state index contributed by atoms with van der Waals surface area (Å²) in [6.45, 7) is 4.71. The Balaban J connectivity index is 1.39. The van der Waals surface area contributed by atoms with E-state index in [1.807, 2.05) is 36.1 Å². The fraction of sp³-hybridized carbons (Fsp3) is 0.316. The Morgan fingerprint density at radius 1 is 1.11 bits per heavy atom. The van der Waals surface area contributed by atoms with Gasteiger partial charge in [-0.05, 0) is 24.3 Å². The standard InChI is InChI=1S/C19H20N6O2/c1-2-17-22-18(23-27-17)14-6-7-16(21-13-14)24-9-11-25(12-10-24)19(26)15-5-3-4-8-20-15/h3-8,13H,2,9-12H2,1H3. The molecule has 1 fully saturated rings. The van der Waals surface area contributed by atoms with Crippen molar-refractivity contribution in [2.24, 2.45) is 0 Å². The van der Waals surface area contributed by atoms with Gasteiger partial charge in [-0.3, -0.25) is 9.78 Å². The Hall–Kier alpha value is -3.29. The van der Waals surface area contributed by atoms with Gasteiger partial charge >= 0.3 is 0 Å². The third-order valence-corrected chi connectivity index (χ3v) is 4.55. The van der Waals surface area contributed by atoms with Gasteiger partial charge in [-0.2, -0.15) is 4.98 Å². The van der Waals surface area contributed by atoms with Crippen molar-refractivity contribution in [3.8, 4) is 11.4 Å². The van der Waals surface area contributed by atoms with Crippen LogP contribution >= 0.6 is 0 Å². The molecule has 0 bridgehead atoms. The number of aryl methyl sites for hydroxylation is 1. The van der Waals surface area contributed by atoms with E-state index in [0.29, 0.717) is 36.9 Å². The number of amides is 1. The smallest absolute Gasteiger partial charge is 0.272 e. The predicted octanol–water partition coefficient (Wildman–Crippen LogP) is 2.05. The molecule has 0 unspecified atom stereocenters. The highest BCUT2D eigenvalue weighted by atomic mass is 16.5. The highest BCUT2D eigenvalue weighted by Crippen LogP contribution is 2.20. The molecular weight excluding hydrogens is 344 g/mol. The van der Waals surface area contributed by atoms with Gasteiger partial charge in [0.15, 0.2) is 0 Å². The van der Waals surface area contributed by atoms with E-state index in [4.69, 9.17) is 4.52 Å². The highest BCUT2D eigenvalue weighted by Gasteiger charge is 2.23. The van der Waals surface area contributed by atoms with Crippen molar-refractivity contribution in [3.05, 3.63) is 54.3 Å². The zero-order chi connectivity index (χ0) is 18.6. The molecule has 8 nitrogen and oxygen atoms in total. The first-order chi connectivity index (χ1) is 13.2. The molecule has 1 aliphatic rings. The predicted molar refractivity (Wildman–Crippen MR) is 99.3 cm³/mol. The van der Waals surface area contributed by atoms with E-state index >= 15 is 0 Å². The first kappa shape index (κ1) is 17.1. The lowest BCUT2D eigenvalue weighted by Crippen LogP contribution is -2.49. The fourth-order valence-electron chi connectivity index (χ4n) is 3.01. The van der Waals surface area contributed by atoms with Crippen LogP contribution in [-0.2, 0) is 6.42 Å². The molecular formula is C19H20N6O2. The third-order valence-electron chi connectivity index (χ3n) is 4.55. The molecule has 4 rings (SSSR count). The minimum absolute atomic E-state index is 0.0256. The number of rotatable bonds is 4. The minimum Gasteiger partial charge on any atom is -0.353 e. The van der Waals surface area contributed by atoms with Gasteiger partial charge in [0.2, 0.25) is 11.7 Å². The fourth-order valence-corrected chi connectivity index (χ4v) is 3.01. The molecule has 3 aromatic heterocycles. The summed E-state index contributed by atoms with van der Waals surface area (Å²) >= 11 is 0. The van der Waals surface area contributed by atoms with Crippen LogP contribution in [0.5, 0.6) is 0 Å². The van der Waals surface area contributed by atoms with Crippen LogP contribution in [0.4, 0.5) is 5.82 Å². The Morgan fingerprint density at radius 2 is 1.96 bits per heavy atom. The van der Waals surface area contributed by atoms with Crippen molar-refractivity contribution in [3.63, 3.8) is 0 Å². The lowest BCUT2D eigenvalue weighted by molar-refractivity contribution is 0.0740. The van der Waals surface area contributed by atoms with Gasteiger partial charge in [0.1, 0.15) is 11.5 Å². The molecule has 1 amide bonds. The molecule has 4 heterocycles. The first-order valence-corrected chi connectivity index (χ1v) is 8.99. The van der Waals surface area contributed by atoms with Crippen LogP contribution in [-0.4, -0.2) is 57.1 Å². The van der Waals surface area contributed by atoms with Gasteiger partial charge in [-0.25, -0.2) is 4.98 Å². The number of carbonyl (C=O) groups excluding carboxylic acids is 1. The van der Waals surface area contributed by atoms with Crippen molar-refractivity contribution in [2.45, 2.75) is 13.3 Å². The molecule has 0 aromatic carbocycles. The van der Waals surface area contributed by atoms with E-state index in [2.05, 4.69) is 25.0 Å². The zero-order valence-electron chi connectivity index (χ0n) is 15.1. The van der Waals surface area contributed by atoms with Crippen LogP contribution in [0.1, 0.15) is 23.3 Å². The average Bonchev–Trinajstić information content (AvgIpc) is 3.23. The van der Waals surface area contributed by atoms with Crippen LogP contribution in [0.3, 0.4) is 0 Å². The van der Waals surface area contributed by atoms with Crippen molar-refractivity contribution in [1.82, 2.24) is 25.0 Å². The van der Waals surface area contributed by atoms with Crippen molar-refractivity contribution < 1.29 is 9.32 Å². The van der Waals surface area contributed by atoms with Gasteiger partial charge in [-0.15, -0.1) is 0 Å². The van der Waals surface area contributed by atoms with Crippen LogP contribution in [0.2, 0.25) is 0 Å². The topological polar surface area (TPSA) is 88.3 Å². The summed E-state index contributed by atoms with van der Waals surface area (Å²) in [5.41, 5.74) is 1.31. The second-order valence-corrected chi connectivity index (χ2v) is 6.26. The largest absolute Gasteiger partial charge is 0.353 e. The molecule has 0 radical (unpaired) electrons. The third kappa shape index (κ3) is 3.64. The lowest BCUT2D eigenvalue weighted by Gasteiger charge is -2.35. The highest BCUT2D eigenvalue weighted by molar-refractivity contribution is 5.92. The number of anilines is 1. The number of hydrogen-bond donors (Lipinski definition) is 0. The quantitative estimate of drug-likeness (QED) is 0.700. The maximum atomic E-state index is 12.5. The summed E-state index contributed by atoms with van der Waals surface area (Å²) in [7, 11) is 0. The summed E-state index contributed by atoms with van der Waals surface area (Å²) in [6, 6.07) is 9.28. The van der Waals surface area contributed by atoms with E-state index in [1.54, 1.807) is 18.5 Å². The van der Waals surface area contributed by atoms with E-state index in [-0.39, 0.29) is 5.91 Å². The summed E-state index contributed by atoms with van der Waals surface area (Å²) in [5.74, 6) is 2.02. The van der Waals surface area contributed by atoms with Gasteiger partial charge in [-0.1, -0.05) is 18.1 Å². The van der Waals surface area contributed by atoms with E-state index in [0.717, 1.165) is 24.5 Å². The van der Waals surface area contributed by atoms with Crippen molar-refractivity contribution in [1.29, 1.82) is 0 Å².